The topological polar surface area (TPSA) is 142 Å². The number of benzene rings is 3. The summed E-state index contributed by atoms with van der Waals surface area (Å²) >= 11 is 0. The lowest BCUT2D eigenvalue weighted by molar-refractivity contribution is -0.385. The standard InChI is InChI=1S/C27H21N3O7/c31-25(16-4-9-19(10-5-16)29(33)34)15-37-27(32)18-8-13-24-23(14-18)21-2-1-3-22(21)26(28-24)17-6-11-20(12-7-17)30(35)36/h1-2,4-14,21-22,26,28H,3,15H2. The Balaban J connectivity index is 1.30. The number of nitro benzene ring substituents is 2. The fourth-order valence-electron chi connectivity index (χ4n) is 4.92. The predicted molar refractivity (Wildman–Crippen MR) is 134 cm³/mol. The molecule has 10 nitrogen and oxygen atoms in total. The van der Waals surface area contributed by atoms with Crippen LogP contribution in [0.3, 0.4) is 0 Å². The zero-order chi connectivity index (χ0) is 26.1. The Bertz CT molecular complexity index is 1430. The van der Waals surface area contributed by atoms with Gasteiger partial charge in [-0.25, -0.2) is 4.79 Å². The number of nitrogens with zero attached hydrogens (tertiary/aromatic N) is 2. The van der Waals surface area contributed by atoms with Gasteiger partial charge in [-0.1, -0.05) is 24.3 Å². The molecule has 1 heterocycles. The van der Waals surface area contributed by atoms with Gasteiger partial charge in [0.1, 0.15) is 0 Å². The predicted octanol–water partition coefficient (Wildman–Crippen LogP) is 5.37. The molecule has 37 heavy (non-hydrogen) atoms. The second-order valence-corrected chi connectivity index (χ2v) is 8.93. The van der Waals surface area contributed by atoms with Gasteiger partial charge in [-0.3, -0.25) is 25.0 Å². The molecule has 3 atom stereocenters. The monoisotopic (exact) mass is 499 g/mol. The average molecular weight is 499 g/mol. The molecule has 10 heteroatoms. The smallest absolute Gasteiger partial charge is 0.338 e. The zero-order valence-corrected chi connectivity index (χ0v) is 19.4. The highest BCUT2D eigenvalue weighted by atomic mass is 16.6. The van der Waals surface area contributed by atoms with E-state index < -0.39 is 28.2 Å². The van der Waals surface area contributed by atoms with E-state index in [4.69, 9.17) is 4.74 Å². The Hall–Kier alpha value is -4.86. The molecule has 1 N–H and O–H groups in total. The molecule has 0 saturated heterocycles. The van der Waals surface area contributed by atoms with Crippen molar-refractivity contribution in [2.24, 2.45) is 5.92 Å². The Morgan fingerprint density at radius 2 is 1.51 bits per heavy atom. The van der Waals surface area contributed by atoms with Crippen molar-refractivity contribution in [1.82, 2.24) is 0 Å². The highest BCUT2D eigenvalue weighted by Gasteiger charge is 2.38. The summed E-state index contributed by atoms with van der Waals surface area (Å²) in [7, 11) is 0. The van der Waals surface area contributed by atoms with E-state index in [0.29, 0.717) is 5.56 Å². The van der Waals surface area contributed by atoms with E-state index in [2.05, 4.69) is 17.5 Å². The summed E-state index contributed by atoms with van der Waals surface area (Å²) in [4.78, 5) is 45.9. The summed E-state index contributed by atoms with van der Waals surface area (Å²) in [5.74, 6) is -0.892. The molecular formula is C27H21N3O7. The molecule has 3 aromatic rings. The van der Waals surface area contributed by atoms with Crippen LogP contribution in [0.5, 0.6) is 0 Å². The number of carbonyl (C=O) groups excluding carboxylic acids is 2. The minimum atomic E-state index is -0.644. The van der Waals surface area contributed by atoms with Crippen molar-refractivity contribution in [1.29, 1.82) is 0 Å². The number of allylic oxidation sites excluding steroid dienone is 2. The van der Waals surface area contributed by atoms with Crippen molar-refractivity contribution < 1.29 is 24.2 Å². The molecule has 5 rings (SSSR count). The van der Waals surface area contributed by atoms with Crippen molar-refractivity contribution in [3.05, 3.63) is 121 Å². The van der Waals surface area contributed by atoms with Gasteiger partial charge in [-0.2, -0.15) is 0 Å². The molecule has 3 unspecified atom stereocenters. The fourth-order valence-corrected chi connectivity index (χ4v) is 4.92. The van der Waals surface area contributed by atoms with Crippen LogP contribution in [0.4, 0.5) is 17.1 Å². The molecule has 0 amide bonds. The van der Waals surface area contributed by atoms with E-state index in [-0.39, 0.29) is 34.8 Å². The highest BCUT2D eigenvalue weighted by Crippen LogP contribution is 2.50. The average Bonchev–Trinajstić information content (AvgIpc) is 3.41. The van der Waals surface area contributed by atoms with Gasteiger partial charge in [0.05, 0.1) is 21.5 Å². The number of ketones is 1. The summed E-state index contributed by atoms with van der Waals surface area (Å²) in [6.45, 7) is -0.486. The third-order valence-corrected chi connectivity index (χ3v) is 6.80. The Kier molecular flexibility index (Phi) is 6.22. The second kappa shape index (κ2) is 9.65. The number of nitro groups is 2. The van der Waals surface area contributed by atoms with Gasteiger partial charge < -0.3 is 10.1 Å². The molecule has 1 aliphatic heterocycles. The number of nitrogens with one attached hydrogen (secondary N) is 1. The van der Waals surface area contributed by atoms with Crippen LogP contribution < -0.4 is 5.32 Å². The number of non-ortho nitro benzene ring substituents is 2. The first-order valence-electron chi connectivity index (χ1n) is 11.6. The summed E-state index contributed by atoms with van der Waals surface area (Å²) in [5, 5.41) is 25.3. The SMILES string of the molecule is O=C(COC(=O)c1ccc2c(c1)C1C=CCC1C(c1ccc([N+](=O)[O-])cc1)N2)c1ccc([N+](=O)[O-])cc1. The molecule has 0 fully saturated rings. The van der Waals surface area contributed by atoms with Gasteiger partial charge in [0, 0.05) is 41.4 Å². The number of rotatable bonds is 7. The van der Waals surface area contributed by atoms with E-state index in [0.717, 1.165) is 23.2 Å². The Morgan fingerprint density at radius 1 is 0.892 bits per heavy atom. The molecule has 0 saturated carbocycles. The van der Waals surface area contributed by atoms with Crippen molar-refractivity contribution in [3.63, 3.8) is 0 Å². The van der Waals surface area contributed by atoms with Crippen LogP contribution in [0.2, 0.25) is 0 Å². The lowest BCUT2D eigenvalue weighted by atomic mass is 9.76. The zero-order valence-electron chi connectivity index (χ0n) is 19.4. The summed E-state index contributed by atoms with van der Waals surface area (Å²) < 4.78 is 5.23. The number of fused-ring (bicyclic) bond motifs is 3. The van der Waals surface area contributed by atoms with Gasteiger partial charge >= 0.3 is 5.97 Å². The number of esters is 1. The number of carbonyl (C=O) groups is 2. The quantitative estimate of drug-likeness (QED) is 0.150. The van der Waals surface area contributed by atoms with Crippen LogP contribution >= 0.6 is 0 Å². The van der Waals surface area contributed by atoms with E-state index in [1.165, 1.54) is 36.4 Å². The van der Waals surface area contributed by atoms with Crippen molar-refractivity contribution in [2.45, 2.75) is 18.4 Å². The summed E-state index contributed by atoms with van der Waals surface area (Å²) in [6, 6.07) is 16.8. The Labute approximate surface area is 210 Å². The lowest BCUT2D eigenvalue weighted by Crippen LogP contribution is -2.29. The third kappa shape index (κ3) is 4.68. The molecule has 2 aliphatic rings. The molecule has 0 aromatic heterocycles. The maximum Gasteiger partial charge on any atom is 0.338 e. The van der Waals surface area contributed by atoms with E-state index in [1.807, 2.05) is 0 Å². The molecule has 1 aliphatic carbocycles. The lowest BCUT2D eigenvalue weighted by Gasteiger charge is -2.37. The second-order valence-electron chi connectivity index (χ2n) is 8.93. The first-order chi connectivity index (χ1) is 17.8. The number of ether oxygens (including phenoxy) is 1. The number of hydrogen-bond donors (Lipinski definition) is 1. The third-order valence-electron chi connectivity index (χ3n) is 6.80. The minimum Gasteiger partial charge on any atom is -0.454 e. The van der Waals surface area contributed by atoms with Crippen molar-refractivity contribution in [3.8, 4) is 0 Å². The van der Waals surface area contributed by atoms with Crippen LogP contribution in [0.1, 0.15) is 50.2 Å². The molecule has 0 radical (unpaired) electrons. The first kappa shape index (κ1) is 23.9. The molecule has 3 aromatic carbocycles. The van der Waals surface area contributed by atoms with Crippen LogP contribution in [0, 0.1) is 26.1 Å². The van der Waals surface area contributed by atoms with Gasteiger partial charge in [0.25, 0.3) is 11.4 Å². The number of Topliss-reactive ketones (excluding diaryl/α,β-unsaturated/α-hetero) is 1. The largest absolute Gasteiger partial charge is 0.454 e. The number of hydrogen-bond acceptors (Lipinski definition) is 8. The van der Waals surface area contributed by atoms with Crippen LogP contribution in [0.15, 0.2) is 78.9 Å². The summed E-state index contributed by atoms with van der Waals surface area (Å²) in [6.07, 6.45) is 5.02. The van der Waals surface area contributed by atoms with E-state index >= 15 is 0 Å². The highest BCUT2D eigenvalue weighted by molar-refractivity contribution is 5.99. The van der Waals surface area contributed by atoms with Gasteiger partial charge in [-0.05, 0) is 53.8 Å². The van der Waals surface area contributed by atoms with Crippen LogP contribution in [0.25, 0.3) is 0 Å². The molecule has 0 spiro atoms. The molecule has 0 bridgehead atoms. The summed E-state index contributed by atoms with van der Waals surface area (Å²) in [5.41, 5.74) is 3.17. The first-order valence-corrected chi connectivity index (χ1v) is 11.6. The maximum absolute atomic E-state index is 12.7. The van der Waals surface area contributed by atoms with Gasteiger partial charge in [0.15, 0.2) is 12.4 Å². The fraction of sp³-hybridized carbons (Fsp3) is 0.185. The van der Waals surface area contributed by atoms with Gasteiger partial charge in [0.2, 0.25) is 0 Å². The maximum atomic E-state index is 12.7. The van der Waals surface area contributed by atoms with Crippen LogP contribution in [-0.2, 0) is 4.74 Å². The molecular weight excluding hydrogens is 478 g/mol. The number of anilines is 1. The van der Waals surface area contributed by atoms with E-state index in [9.17, 15) is 29.8 Å². The minimum absolute atomic E-state index is 0.0382. The van der Waals surface area contributed by atoms with Crippen molar-refractivity contribution in [2.75, 3.05) is 11.9 Å². The Morgan fingerprint density at radius 3 is 2.16 bits per heavy atom. The van der Waals surface area contributed by atoms with Gasteiger partial charge in [-0.15, -0.1) is 0 Å². The van der Waals surface area contributed by atoms with Crippen molar-refractivity contribution >= 4 is 28.8 Å². The molecule has 186 valence electrons. The van der Waals surface area contributed by atoms with E-state index in [1.54, 1.807) is 30.3 Å². The van der Waals surface area contributed by atoms with Crippen LogP contribution in [-0.4, -0.2) is 28.2 Å². The normalized spacial score (nSPS) is 19.3.